The van der Waals surface area contributed by atoms with Crippen LogP contribution in [0, 0.1) is 0 Å². The molecule has 1 aromatic rings. The second kappa shape index (κ2) is 12.5. The molecule has 2 aliphatic heterocycles. The molecule has 2 saturated heterocycles. The monoisotopic (exact) mass is 487 g/mol. The van der Waals surface area contributed by atoms with Gasteiger partial charge in [-0.3, -0.25) is 33.9 Å². The molecule has 0 aromatic heterocycles. The average Bonchev–Trinajstić information content (AvgIpc) is 2.79. The van der Waals surface area contributed by atoms with E-state index in [0.29, 0.717) is 26.2 Å². The van der Waals surface area contributed by atoms with Crippen molar-refractivity contribution in [2.45, 2.75) is 44.4 Å². The summed E-state index contributed by atoms with van der Waals surface area (Å²) < 4.78 is 11.8. The molecular weight excluding hydrogens is 450 g/mol. The van der Waals surface area contributed by atoms with E-state index in [1.54, 1.807) is 11.9 Å². The van der Waals surface area contributed by atoms with E-state index >= 15 is 0 Å². The van der Waals surface area contributed by atoms with E-state index in [9.17, 15) is 19.2 Å². The van der Waals surface area contributed by atoms with Gasteiger partial charge in [0.25, 0.3) is 0 Å². The van der Waals surface area contributed by atoms with Crippen LogP contribution in [0.1, 0.15) is 31.7 Å². The van der Waals surface area contributed by atoms with Gasteiger partial charge in [0.2, 0.25) is 0 Å². The van der Waals surface area contributed by atoms with Crippen LogP contribution >= 0.6 is 0 Å². The van der Waals surface area contributed by atoms with Gasteiger partial charge >= 0.3 is 5.97 Å². The Balaban J connectivity index is 1.86. The van der Waals surface area contributed by atoms with Crippen LogP contribution in [0.5, 0.6) is 0 Å². The van der Waals surface area contributed by atoms with E-state index in [1.165, 1.54) is 0 Å². The van der Waals surface area contributed by atoms with Crippen molar-refractivity contribution >= 4 is 23.3 Å². The molecule has 0 radical (unpaired) electrons. The topological polar surface area (TPSA) is 96.5 Å². The molecule has 0 amide bonds. The zero-order chi connectivity index (χ0) is 25.4. The lowest BCUT2D eigenvalue weighted by Gasteiger charge is -2.36. The van der Waals surface area contributed by atoms with Gasteiger partial charge in [0, 0.05) is 32.4 Å². The quantitative estimate of drug-likeness (QED) is 0.562. The van der Waals surface area contributed by atoms with Crippen LogP contribution in [0.3, 0.4) is 0 Å². The van der Waals surface area contributed by atoms with Gasteiger partial charge in [-0.25, -0.2) is 0 Å². The Hall–Kier alpha value is -2.46. The third-order valence-electron chi connectivity index (χ3n) is 6.62. The molecule has 1 spiro atoms. The van der Waals surface area contributed by atoms with E-state index in [2.05, 4.69) is 0 Å². The highest BCUT2D eigenvalue weighted by Crippen LogP contribution is 2.30. The molecule has 2 aliphatic rings. The SMILES string of the molecule is CCN1CCN(C)C(COCc2ccccc2)C(=O)CC2(CC(=O)CN(C)CC(=O)C2)OC(=O)C1. The Labute approximate surface area is 207 Å². The third kappa shape index (κ3) is 8.03. The van der Waals surface area contributed by atoms with Gasteiger partial charge in [0.05, 0.1) is 38.9 Å². The minimum Gasteiger partial charge on any atom is -0.457 e. The van der Waals surface area contributed by atoms with E-state index in [-0.39, 0.29) is 62.9 Å². The van der Waals surface area contributed by atoms with Gasteiger partial charge in [-0.15, -0.1) is 0 Å². The first kappa shape index (κ1) is 27.1. The second-order valence-electron chi connectivity index (χ2n) is 9.77. The largest absolute Gasteiger partial charge is 0.457 e. The molecule has 1 atom stereocenters. The number of ether oxygens (including phenoxy) is 2. The fourth-order valence-electron chi connectivity index (χ4n) is 4.81. The third-order valence-corrected chi connectivity index (χ3v) is 6.62. The first-order chi connectivity index (χ1) is 16.7. The Morgan fingerprint density at radius 2 is 1.60 bits per heavy atom. The fourth-order valence-corrected chi connectivity index (χ4v) is 4.81. The minimum atomic E-state index is -1.47. The summed E-state index contributed by atoms with van der Waals surface area (Å²) >= 11 is 0. The molecule has 9 nitrogen and oxygen atoms in total. The summed E-state index contributed by atoms with van der Waals surface area (Å²) in [6.45, 7) is 4.41. The lowest BCUT2D eigenvalue weighted by atomic mass is 9.83. The number of nitrogens with zero attached hydrogens (tertiary/aromatic N) is 3. The fraction of sp³-hybridized carbons (Fsp3) is 0.615. The van der Waals surface area contributed by atoms with Crippen LogP contribution in [0.25, 0.3) is 0 Å². The Morgan fingerprint density at radius 3 is 2.23 bits per heavy atom. The van der Waals surface area contributed by atoms with Crippen LogP contribution in [0.4, 0.5) is 0 Å². The average molecular weight is 488 g/mol. The molecule has 9 heteroatoms. The van der Waals surface area contributed by atoms with E-state index in [1.807, 2.05) is 54.1 Å². The maximum atomic E-state index is 13.6. The number of Topliss-reactive ketones (excluding diaryl/α,β-unsaturated/α-hetero) is 3. The minimum absolute atomic E-state index is 0.0394. The van der Waals surface area contributed by atoms with Gasteiger partial charge in [0.15, 0.2) is 17.3 Å². The standard InChI is InChI=1S/C26H37N3O6/c1-4-29-11-10-28(3)23(19-34-18-20-8-6-5-7-9-20)24(32)14-26(35-25(33)17-29)12-21(30)15-27(2)16-22(31)13-26/h5-9,23H,4,10-19H2,1-3H3. The Bertz CT molecular complexity index is 886. The summed E-state index contributed by atoms with van der Waals surface area (Å²) in [6, 6.07) is 9.12. The summed E-state index contributed by atoms with van der Waals surface area (Å²) in [5.74, 6) is -1.04. The lowest BCUT2D eigenvalue weighted by molar-refractivity contribution is -0.167. The summed E-state index contributed by atoms with van der Waals surface area (Å²) in [5, 5.41) is 0. The first-order valence-electron chi connectivity index (χ1n) is 12.2. The number of esters is 1. The van der Waals surface area contributed by atoms with Crippen molar-refractivity contribution in [3.63, 3.8) is 0 Å². The maximum Gasteiger partial charge on any atom is 0.320 e. The number of ketones is 3. The smallest absolute Gasteiger partial charge is 0.320 e. The summed E-state index contributed by atoms with van der Waals surface area (Å²) in [7, 11) is 3.57. The summed E-state index contributed by atoms with van der Waals surface area (Å²) in [6.07, 6.45) is -0.516. The molecule has 2 heterocycles. The summed E-state index contributed by atoms with van der Waals surface area (Å²) in [4.78, 5) is 57.6. The van der Waals surface area contributed by atoms with Crippen molar-refractivity contribution in [3.8, 4) is 0 Å². The number of hydrogen-bond acceptors (Lipinski definition) is 9. The molecule has 1 unspecified atom stereocenters. The molecular formula is C26H37N3O6. The van der Waals surface area contributed by atoms with Crippen LogP contribution < -0.4 is 0 Å². The van der Waals surface area contributed by atoms with Crippen molar-refractivity contribution in [1.82, 2.24) is 14.7 Å². The number of rotatable bonds is 5. The second-order valence-corrected chi connectivity index (χ2v) is 9.77. The molecule has 3 rings (SSSR count). The van der Waals surface area contributed by atoms with Crippen molar-refractivity contribution in [2.24, 2.45) is 0 Å². The molecule has 0 aliphatic carbocycles. The highest BCUT2D eigenvalue weighted by Gasteiger charge is 2.44. The summed E-state index contributed by atoms with van der Waals surface area (Å²) in [5.41, 5.74) is -0.464. The van der Waals surface area contributed by atoms with E-state index in [0.717, 1.165) is 5.56 Å². The molecule has 0 N–H and O–H groups in total. The molecule has 0 saturated carbocycles. The molecule has 35 heavy (non-hydrogen) atoms. The van der Waals surface area contributed by atoms with E-state index < -0.39 is 17.6 Å². The van der Waals surface area contributed by atoms with Crippen molar-refractivity contribution in [3.05, 3.63) is 35.9 Å². The highest BCUT2D eigenvalue weighted by atomic mass is 16.6. The number of hydrogen-bond donors (Lipinski definition) is 0. The van der Waals surface area contributed by atoms with E-state index in [4.69, 9.17) is 9.47 Å². The zero-order valence-corrected chi connectivity index (χ0v) is 21.0. The molecule has 1 aromatic carbocycles. The van der Waals surface area contributed by atoms with Gasteiger partial charge in [-0.05, 0) is 26.2 Å². The first-order valence-corrected chi connectivity index (χ1v) is 12.2. The van der Waals surface area contributed by atoms with Crippen molar-refractivity contribution in [1.29, 1.82) is 0 Å². The zero-order valence-electron chi connectivity index (χ0n) is 21.0. The van der Waals surface area contributed by atoms with Crippen molar-refractivity contribution < 1.29 is 28.7 Å². The van der Waals surface area contributed by atoms with Gasteiger partial charge < -0.3 is 9.47 Å². The molecule has 192 valence electrons. The lowest BCUT2D eigenvalue weighted by Crippen LogP contribution is -2.51. The van der Waals surface area contributed by atoms with Gasteiger partial charge in [-0.1, -0.05) is 37.3 Å². The van der Waals surface area contributed by atoms with Crippen molar-refractivity contribution in [2.75, 3.05) is 60.0 Å². The highest BCUT2D eigenvalue weighted by molar-refractivity contribution is 5.92. The van der Waals surface area contributed by atoms with Crippen LogP contribution in [-0.4, -0.2) is 110 Å². The van der Waals surface area contributed by atoms with Gasteiger partial charge in [-0.2, -0.15) is 0 Å². The number of likely N-dealkylation sites (N-methyl/N-ethyl adjacent to an activating group) is 3. The van der Waals surface area contributed by atoms with Crippen LogP contribution in [0.15, 0.2) is 30.3 Å². The van der Waals surface area contributed by atoms with Crippen LogP contribution in [0.2, 0.25) is 0 Å². The normalized spacial score (nSPS) is 24.0. The maximum absolute atomic E-state index is 13.6. The van der Waals surface area contributed by atoms with Gasteiger partial charge in [0.1, 0.15) is 5.60 Å². The number of carbonyl (C=O) groups excluding carboxylic acids is 4. The number of benzene rings is 1. The Kier molecular flexibility index (Phi) is 9.68. The molecule has 0 bridgehead atoms. The molecule has 2 fully saturated rings. The number of carbonyl (C=O) groups is 4. The van der Waals surface area contributed by atoms with Crippen LogP contribution in [-0.2, 0) is 35.3 Å². The predicted molar refractivity (Wildman–Crippen MR) is 130 cm³/mol. The Morgan fingerprint density at radius 1 is 0.943 bits per heavy atom. The number of likely N-dealkylation sites (tertiary alicyclic amines) is 1. The predicted octanol–water partition coefficient (Wildman–Crippen LogP) is 0.944.